The molecule has 7 heavy (non-hydrogen) atoms. The molecule has 0 saturated carbocycles. The summed E-state index contributed by atoms with van der Waals surface area (Å²) in [6.45, 7) is 0. The van der Waals surface area contributed by atoms with Crippen molar-refractivity contribution >= 4 is 10.1 Å². The molecule has 0 bridgehead atoms. The molecule has 0 aliphatic rings. The summed E-state index contributed by atoms with van der Waals surface area (Å²) in [5.74, 6) is 0. The summed E-state index contributed by atoms with van der Waals surface area (Å²) in [7, 11) is -3.67. The molecule has 0 amide bonds. The molecule has 0 aliphatic heterocycles. The third kappa shape index (κ3) is 935. The van der Waals surface area contributed by atoms with Gasteiger partial charge in [-0.05, 0) is 0 Å². The number of rotatable bonds is 0. The van der Waals surface area contributed by atoms with Crippen LogP contribution in [-0.2, 0) is 27.2 Å². The molecule has 0 unspecified atom stereocenters. The van der Waals surface area contributed by atoms with E-state index in [2.05, 4.69) is 0 Å². The predicted octanol–water partition coefficient (Wildman–Crippen LogP) is -0.346. The Kier molecular flexibility index (Phi) is 10.1. The maximum absolute atomic E-state index is 9.19. The quantitative estimate of drug-likeness (QED) is 0.400. The van der Waals surface area contributed by atoms with Crippen LogP contribution in [0.15, 0.2) is 0 Å². The van der Waals surface area contributed by atoms with Crippen LogP contribution in [-0.4, -0.2) is 19.2 Å². The Hall–Kier alpha value is 0.359. The van der Waals surface area contributed by atoms with Crippen molar-refractivity contribution in [1.29, 1.82) is 0 Å². The molecule has 0 rings (SSSR count). The van der Waals surface area contributed by atoms with Crippen LogP contribution < -0.4 is 0 Å². The maximum Gasteiger partial charge on any atom is 0.261 e. The summed E-state index contributed by atoms with van der Waals surface area (Å²) < 4.78 is 25.9. The Morgan fingerprint density at radius 2 is 1.43 bits per heavy atom. The second-order valence-corrected chi connectivity index (χ2v) is 2.20. The van der Waals surface area contributed by atoms with Gasteiger partial charge in [-0.25, -0.2) is 0 Å². The minimum absolute atomic E-state index is 0. The van der Waals surface area contributed by atoms with E-state index < -0.39 is 10.1 Å². The Morgan fingerprint density at radius 1 is 1.43 bits per heavy atom. The zero-order valence-corrected chi connectivity index (χ0v) is 5.46. The van der Waals surface area contributed by atoms with Crippen LogP contribution in [0.5, 0.6) is 0 Å². The van der Waals surface area contributed by atoms with Crippen LogP contribution in [0.2, 0.25) is 0 Å². The summed E-state index contributed by atoms with van der Waals surface area (Å²) in [5.41, 5.74) is 0. The van der Waals surface area contributed by atoms with Gasteiger partial charge in [-0.15, -0.1) is 0 Å². The van der Waals surface area contributed by atoms with Crippen molar-refractivity contribution in [3.8, 4) is 0 Å². The van der Waals surface area contributed by atoms with Gasteiger partial charge in [-0.3, -0.25) is 9.26 Å². The Morgan fingerprint density at radius 3 is 1.43 bits per heavy atom. The van der Waals surface area contributed by atoms with Crippen LogP contribution in [0.4, 0.5) is 4.70 Å². The fourth-order valence-electron chi connectivity index (χ4n) is 0. The first-order chi connectivity index (χ1) is 2.00. The van der Waals surface area contributed by atoms with Gasteiger partial charge in [-0.2, -0.15) is 8.42 Å². The molecule has 1 N–H and O–H groups in total. The summed E-state index contributed by atoms with van der Waals surface area (Å²) in [4.78, 5) is 0. The van der Waals surface area contributed by atoms with E-state index >= 15 is 0 Å². The van der Waals surface area contributed by atoms with Gasteiger partial charge >= 0.3 is 0 Å². The van der Waals surface area contributed by atoms with E-state index in [1.807, 2.05) is 0 Å². The first kappa shape index (κ1) is 15.7. The molecule has 0 atom stereocenters. The van der Waals surface area contributed by atoms with E-state index in [1.165, 1.54) is 0 Å². The average molecular weight is 171 g/mol. The van der Waals surface area contributed by atoms with E-state index in [1.54, 1.807) is 0 Å². The van der Waals surface area contributed by atoms with E-state index in [9.17, 15) is 8.42 Å². The molecular formula is CH5FMnO3S. The summed E-state index contributed by atoms with van der Waals surface area (Å²) >= 11 is 0. The van der Waals surface area contributed by atoms with Crippen LogP contribution in [0.25, 0.3) is 0 Å². The zero-order chi connectivity index (χ0) is 4.50. The van der Waals surface area contributed by atoms with Gasteiger partial charge in [0.15, 0.2) is 0 Å². The Labute approximate surface area is 51.7 Å². The smallest absolute Gasteiger partial charge is 0.261 e. The van der Waals surface area contributed by atoms with Crippen molar-refractivity contribution in [3.05, 3.63) is 0 Å². The van der Waals surface area contributed by atoms with Crippen LogP contribution in [0, 0.1) is 0 Å². The van der Waals surface area contributed by atoms with Gasteiger partial charge < -0.3 is 0 Å². The molecule has 0 aromatic heterocycles. The molecule has 1 radical (unpaired) electrons. The van der Waals surface area contributed by atoms with E-state index in [0.717, 1.165) is 0 Å². The predicted molar refractivity (Wildman–Crippen MR) is 20.0 cm³/mol. The Bertz CT molecular complexity index is 98.1. The summed E-state index contributed by atoms with van der Waals surface area (Å²) in [6, 6.07) is 0. The van der Waals surface area contributed by atoms with Crippen LogP contribution in [0.3, 0.4) is 0 Å². The molecule has 0 aromatic rings. The molecule has 0 aliphatic carbocycles. The first-order valence-corrected chi connectivity index (χ1v) is 2.77. The standard InChI is InChI=1S/CH4O3S.FH.Mn/c1-5(2,3)4;;/h1H3,(H,2,3,4);1H;. The monoisotopic (exact) mass is 171 g/mol. The van der Waals surface area contributed by atoms with Crippen molar-refractivity contribution in [2.75, 3.05) is 6.26 Å². The van der Waals surface area contributed by atoms with Gasteiger partial charge in [0.25, 0.3) is 10.1 Å². The second kappa shape index (κ2) is 4.52. The molecule has 47 valence electrons. The molecule has 0 spiro atoms. The average Bonchev–Trinajstić information content (AvgIpc) is 0.722. The number of halogens is 1. The van der Waals surface area contributed by atoms with Crippen LogP contribution in [0.1, 0.15) is 0 Å². The van der Waals surface area contributed by atoms with Crippen LogP contribution >= 0.6 is 0 Å². The second-order valence-electron chi connectivity index (χ2n) is 0.733. The van der Waals surface area contributed by atoms with Crippen molar-refractivity contribution in [2.45, 2.75) is 0 Å². The van der Waals surface area contributed by atoms with Crippen molar-refractivity contribution in [3.63, 3.8) is 0 Å². The topological polar surface area (TPSA) is 54.4 Å². The van der Waals surface area contributed by atoms with E-state index in [0.29, 0.717) is 6.26 Å². The number of hydrogen-bond acceptors (Lipinski definition) is 2. The van der Waals surface area contributed by atoms with Crippen molar-refractivity contribution < 1.29 is 34.7 Å². The molecule has 6 heteroatoms. The minimum atomic E-state index is -3.67. The Balaban J connectivity index is -0.0000000800. The van der Waals surface area contributed by atoms with Gasteiger partial charge in [0, 0.05) is 17.1 Å². The third-order valence-electron chi connectivity index (χ3n) is 0. The summed E-state index contributed by atoms with van der Waals surface area (Å²) in [5, 5.41) is 0. The van der Waals surface area contributed by atoms with E-state index in [-0.39, 0.29) is 21.8 Å². The zero-order valence-electron chi connectivity index (χ0n) is 3.46. The van der Waals surface area contributed by atoms with Crippen molar-refractivity contribution in [1.82, 2.24) is 0 Å². The summed E-state index contributed by atoms with van der Waals surface area (Å²) in [6.07, 6.45) is 0.715. The molecule has 0 saturated heterocycles. The van der Waals surface area contributed by atoms with Gasteiger partial charge in [-0.1, -0.05) is 0 Å². The largest absolute Gasteiger partial charge is 0.286 e. The van der Waals surface area contributed by atoms with Gasteiger partial charge in [0.05, 0.1) is 6.26 Å². The fraction of sp³-hybridized carbons (Fsp3) is 1.00. The number of hydrogen-bond donors (Lipinski definition) is 1. The molecule has 0 fully saturated rings. The van der Waals surface area contributed by atoms with Crippen molar-refractivity contribution in [2.24, 2.45) is 0 Å². The fourth-order valence-corrected chi connectivity index (χ4v) is 0. The van der Waals surface area contributed by atoms with E-state index in [4.69, 9.17) is 4.55 Å². The maximum atomic E-state index is 9.19. The first-order valence-electron chi connectivity index (χ1n) is 0.924. The molecule has 0 aromatic carbocycles. The van der Waals surface area contributed by atoms with Gasteiger partial charge in [0.2, 0.25) is 0 Å². The normalized spacial score (nSPS) is 8.29. The molecule has 0 heterocycles. The van der Waals surface area contributed by atoms with Gasteiger partial charge in [0.1, 0.15) is 0 Å². The molecule has 3 nitrogen and oxygen atoms in total. The minimum Gasteiger partial charge on any atom is -0.286 e. The molecular weight excluding hydrogens is 166 g/mol. The third-order valence-corrected chi connectivity index (χ3v) is 0. The SMILES string of the molecule is CS(=O)(=O)O.F.[Mn].